The predicted molar refractivity (Wildman–Crippen MR) is 144 cm³/mol. The molecule has 3 aromatic rings. The lowest BCUT2D eigenvalue weighted by molar-refractivity contribution is -0.138. The first-order valence-corrected chi connectivity index (χ1v) is 12.9. The van der Waals surface area contributed by atoms with Gasteiger partial charge in [0.15, 0.2) is 11.4 Å². The van der Waals surface area contributed by atoms with Crippen molar-refractivity contribution < 1.29 is 54.9 Å². The molecule has 0 bridgehead atoms. The van der Waals surface area contributed by atoms with Crippen molar-refractivity contribution in [3.05, 3.63) is 88.7 Å². The molecule has 0 aliphatic carbocycles. The molecule has 1 heterocycles. The van der Waals surface area contributed by atoms with E-state index in [9.17, 15) is 40.7 Å². The lowest BCUT2D eigenvalue weighted by atomic mass is 9.86. The molecule has 44 heavy (non-hydrogen) atoms. The van der Waals surface area contributed by atoms with Crippen LogP contribution in [0.25, 0.3) is 0 Å². The number of ether oxygens (including phenoxy) is 3. The summed E-state index contributed by atoms with van der Waals surface area (Å²) in [7, 11) is 1.28. The Balaban J connectivity index is 1.89. The van der Waals surface area contributed by atoms with Crippen molar-refractivity contribution in [3.63, 3.8) is 0 Å². The summed E-state index contributed by atoms with van der Waals surface area (Å²) >= 11 is 0. The summed E-state index contributed by atoms with van der Waals surface area (Å²) in [6.07, 6.45) is -8.54. The Morgan fingerprint density at radius 2 is 1.41 bits per heavy atom. The number of hydrogen-bond acceptors (Lipinski definition) is 7. The second-order valence-corrected chi connectivity index (χ2v) is 10.0. The van der Waals surface area contributed by atoms with E-state index in [1.54, 1.807) is 0 Å². The maximum atomic E-state index is 13.2. The van der Waals surface area contributed by atoms with Crippen LogP contribution in [0.1, 0.15) is 59.4 Å². The van der Waals surface area contributed by atoms with Crippen molar-refractivity contribution in [1.29, 1.82) is 0 Å². The lowest BCUT2D eigenvalue weighted by Crippen LogP contribution is -2.52. The molecule has 1 N–H and O–H groups in total. The quantitative estimate of drug-likeness (QED) is 0.159. The first kappa shape index (κ1) is 34.0. The van der Waals surface area contributed by atoms with Gasteiger partial charge in [0.2, 0.25) is 5.75 Å². The number of nitrogens with one attached hydrogen (secondary N) is 1. The molecule has 0 saturated carbocycles. The summed E-state index contributed by atoms with van der Waals surface area (Å²) in [5.74, 6) is -2.82. The van der Waals surface area contributed by atoms with Crippen molar-refractivity contribution in [2.45, 2.75) is 50.7 Å². The summed E-state index contributed by atoms with van der Waals surface area (Å²) in [5.41, 5.74) is -3.31. The standard InChI is InChI=1S/C30H28F6N2O6/c1-17(43-16-28(3,15-39)38-27(41)25-26(44-18(2)40)23(42-4)13-14-37-25)24(19-5-9-21(10-6-19)29(31,32)33)20-7-11-22(12-8-20)30(34,35)36/h5-15,17,24H,16H2,1-4H3,(H,38,41)/t17-,28+/m0/s1. The van der Waals surface area contributed by atoms with Crippen LogP contribution in [-0.4, -0.2) is 48.5 Å². The van der Waals surface area contributed by atoms with Gasteiger partial charge in [-0.3, -0.25) is 9.59 Å². The van der Waals surface area contributed by atoms with Gasteiger partial charge in [0.1, 0.15) is 11.8 Å². The van der Waals surface area contributed by atoms with E-state index in [1.807, 2.05) is 0 Å². The smallest absolute Gasteiger partial charge is 0.416 e. The average molecular weight is 627 g/mol. The molecule has 8 nitrogen and oxygen atoms in total. The number of halogens is 6. The van der Waals surface area contributed by atoms with Gasteiger partial charge in [0.05, 0.1) is 30.9 Å². The number of amides is 1. The van der Waals surface area contributed by atoms with E-state index < -0.39 is 59.5 Å². The fraction of sp³-hybridized carbons (Fsp3) is 0.333. The SMILES string of the molecule is COc1ccnc(C(=O)N[C@](C)(C=O)CO[C@@H](C)C(c2ccc(C(F)(F)F)cc2)c2ccc(C(F)(F)F)cc2)c1OC(C)=O. The van der Waals surface area contributed by atoms with Crippen LogP contribution in [0.2, 0.25) is 0 Å². The number of rotatable bonds is 11. The van der Waals surface area contributed by atoms with Gasteiger partial charge in [-0.05, 0) is 49.2 Å². The minimum Gasteiger partial charge on any atom is -0.493 e. The molecule has 0 radical (unpaired) electrons. The number of hydrogen-bond donors (Lipinski definition) is 1. The minimum atomic E-state index is -4.61. The van der Waals surface area contributed by atoms with E-state index in [0.29, 0.717) is 17.4 Å². The van der Waals surface area contributed by atoms with Crippen LogP contribution in [-0.2, 0) is 26.7 Å². The third-order valence-electron chi connectivity index (χ3n) is 6.52. The molecule has 0 fully saturated rings. The lowest BCUT2D eigenvalue weighted by Gasteiger charge is -2.30. The number of methoxy groups -OCH3 is 1. The molecule has 1 aromatic heterocycles. The van der Waals surface area contributed by atoms with Crippen molar-refractivity contribution in [1.82, 2.24) is 10.3 Å². The Morgan fingerprint density at radius 1 is 0.909 bits per heavy atom. The highest BCUT2D eigenvalue weighted by molar-refractivity contribution is 5.98. The third kappa shape index (κ3) is 8.34. The van der Waals surface area contributed by atoms with E-state index in [1.165, 1.54) is 57.5 Å². The normalized spacial score (nSPS) is 14.0. The van der Waals surface area contributed by atoms with Crippen molar-refractivity contribution >= 4 is 18.2 Å². The van der Waals surface area contributed by atoms with Crippen LogP contribution in [0.4, 0.5) is 26.3 Å². The highest BCUT2D eigenvalue weighted by Crippen LogP contribution is 2.36. The zero-order valence-electron chi connectivity index (χ0n) is 23.9. The molecule has 0 spiro atoms. The Bertz CT molecular complexity index is 1420. The molecule has 2 atom stereocenters. The van der Waals surface area contributed by atoms with Crippen LogP contribution < -0.4 is 14.8 Å². The second-order valence-electron chi connectivity index (χ2n) is 10.0. The number of aromatic nitrogens is 1. The molecule has 3 rings (SSSR count). The summed E-state index contributed by atoms with van der Waals surface area (Å²) in [5, 5.41) is 2.45. The molecule has 2 aromatic carbocycles. The van der Waals surface area contributed by atoms with E-state index in [2.05, 4.69) is 10.3 Å². The first-order valence-electron chi connectivity index (χ1n) is 12.9. The number of pyridine rings is 1. The van der Waals surface area contributed by atoms with Gasteiger partial charge in [0.25, 0.3) is 5.91 Å². The summed E-state index contributed by atoms with van der Waals surface area (Å²) < 4.78 is 95.1. The van der Waals surface area contributed by atoms with Crippen molar-refractivity contribution in [2.24, 2.45) is 0 Å². The van der Waals surface area contributed by atoms with Crippen molar-refractivity contribution in [2.75, 3.05) is 13.7 Å². The monoisotopic (exact) mass is 626 g/mol. The predicted octanol–water partition coefficient (Wildman–Crippen LogP) is 5.98. The van der Waals surface area contributed by atoms with Gasteiger partial charge >= 0.3 is 18.3 Å². The van der Waals surface area contributed by atoms with Gasteiger partial charge in [0, 0.05) is 25.1 Å². The van der Waals surface area contributed by atoms with Gasteiger partial charge in [-0.15, -0.1) is 0 Å². The number of alkyl halides is 6. The topological polar surface area (TPSA) is 104 Å². The summed E-state index contributed by atoms with van der Waals surface area (Å²) in [4.78, 5) is 40.8. The van der Waals surface area contributed by atoms with Gasteiger partial charge < -0.3 is 24.3 Å². The largest absolute Gasteiger partial charge is 0.493 e. The van der Waals surface area contributed by atoms with Gasteiger partial charge in [-0.2, -0.15) is 26.3 Å². The van der Waals surface area contributed by atoms with Gasteiger partial charge in [-0.1, -0.05) is 24.3 Å². The Labute approximate surface area is 248 Å². The van der Waals surface area contributed by atoms with E-state index in [-0.39, 0.29) is 17.2 Å². The van der Waals surface area contributed by atoms with Crippen LogP contribution in [0.5, 0.6) is 11.5 Å². The fourth-order valence-corrected chi connectivity index (χ4v) is 4.31. The summed E-state index contributed by atoms with van der Waals surface area (Å²) in [6.45, 7) is 3.48. The summed E-state index contributed by atoms with van der Waals surface area (Å²) in [6, 6.07) is 9.49. The number of esters is 1. The molecule has 0 unspecified atom stereocenters. The van der Waals surface area contributed by atoms with Crippen LogP contribution in [0.3, 0.4) is 0 Å². The number of carbonyl (C=O) groups is 3. The zero-order valence-corrected chi connectivity index (χ0v) is 23.9. The molecule has 236 valence electrons. The Morgan fingerprint density at radius 3 is 1.82 bits per heavy atom. The number of benzene rings is 2. The maximum absolute atomic E-state index is 13.2. The second kappa shape index (κ2) is 13.5. The molecular weight excluding hydrogens is 598 g/mol. The van der Waals surface area contributed by atoms with Crippen LogP contribution >= 0.6 is 0 Å². The van der Waals surface area contributed by atoms with Crippen LogP contribution in [0.15, 0.2) is 60.8 Å². The molecule has 14 heteroatoms. The fourth-order valence-electron chi connectivity index (χ4n) is 4.31. The third-order valence-corrected chi connectivity index (χ3v) is 6.52. The minimum absolute atomic E-state index is 0.0222. The van der Waals surface area contributed by atoms with E-state index >= 15 is 0 Å². The number of nitrogens with zero attached hydrogens (tertiary/aromatic N) is 1. The zero-order chi connectivity index (χ0) is 32.9. The Kier molecular flexibility index (Phi) is 10.4. The number of carbonyl (C=O) groups excluding carboxylic acids is 3. The molecule has 0 aliphatic heterocycles. The first-order chi connectivity index (χ1) is 20.5. The van der Waals surface area contributed by atoms with Gasteiger partial charge in [-0.25, -0.2) is 4.98 Å². The number of aldehydes is 1. The molecule has 0 aliphatic rings. The van der Waals surface area contributed by atoms with Crippen molar-refractivity contribution in [3.8, 4) is 11.5 Å². The average Bonchev–Trinajstić information content (AvgIpc) is 2.95. The van der Waals surface area contributed by atoms with Crippen LogP contribution in [0, 0.1) is 0 Å². The van der Waals surface area contributed by atoms with E-state index in [4.69, 9.17) is 14.2 Å². The highest BCUT2D eigenvalue weighted by Gasteiger charge is 2.35. The highest BCUT2D eigenvalue weighted by atomic mass is 19.4. The molecular formula is C30H28F6N2O6. The maximum Gasteiger partial charge on any atom is 0.416 e. The van der Waals surface area contributed by atoms with E-state index in [0.717, 1.165) is 31.2 Å². The molecule has 1 amide bonds. The Hall–Kier alpha value is -4.46. The molecule has 0 saturated heterocycles.